The summed E-state index contributed by atoms with van der Waals surface area (Å²) in [7, 11) is -3.94. The van der Waals surface area contributed by atoms with Gasteiger partial charge < -0.3 is 0 Å². The third-order valence-corrected chi connectivity index (χ3v) is 11.2. The van der Waals surface area contributed by atoms with Crippen molar-refractivity contribution >= 4 is 60.1 Å². The topological polar surface area (TPSA) is 110 Å². The molecule has 2 fully saturated rings. The number of thioether (sulfide) groups is 1. The number of para-hydroxylation sites is 1. The van der Waals surface area contributed by atoms with E-state index in [0.717, 1.165) is 21.8 Å². The van der Waals surface area contributed by atoms with Crippen molar-refractivity contribution in [2.45, 2.75) is 17.4 Å². The first-order chi connectivity index (χ1) is 18.0. The first-order valence-electron chi connectivity index (χ1n) is 11.6. The summed E-state index contributed by atoms with van der Waals surface area (Å²) in [4.78, 5) is 15.2. The van der Waals surface area contributed by atoms with Crippen molar-refractivity contribution in [3.8, 4) is 16.9 Å². The zero-order valence-electron chi connectivity index (χ0n) is 20.5. The number of aromatic nitrogens is 2. The summed E-state index contributed by atoms with van der Waals surface area (Å²) >= 11 is 6.57. The number of sulfone groups is 1. The number of thiocarbonyl (C=S) groups is 1. The van der Waals surface area contributed by atoms with Crippen molar-refractivity contribution in [2.24, 2.45) is 0 Å². The van der Waals surface area contributed by atoms with Gasteiger partial charge in [-0.3, -0.25) is 9.69 Å². The fraction of sp³-hybridized carbons (Fsp3) is 0.240. The van der Waals surface area contributed by atoms with Crippen LogP contribution in [0.3, 0.4) is 0 Å². The Bertz CT molecular complexity index is 1680. The van der Waals surface area contributed by atoms with E-state index in [0.29, 0.717) is 32.5 Å². The van der Waals surface area contributed by atoms with E-state index in [1.807, 2.05) is 30.3 Å². The van der Waals surface area contributed by atoms with Crippen molar-refractivity contribution in [1.29, 1.82) is 0 Å². The van der Waals surface area contributed by atoms with E-state index in [2.05, 4.69) is 0 Å². The van der Waals surface area contributed by atoms with Crippen molar-refractivity contribution < 1.29 is 21.6 Å². The van der Waals surface area contributed by atoms with Gasteiger partial charge >= 0.3 is 0 Å². The summed E-state index contributed by atoms with van der Waals surface area (Å²) in [6.07, 6.45) is 3.80. The van der Waals surface area contributed by atoms with Crippen molar-refractivity contribution in [2.75, 3.05) is 25.6 Å². The molecule has 0 N–H and O–H groups in total. The van der Waals surface area contributed by atoms with Gasteiger partial charge in [0.2, 0.25) is 10.0 Å². The maximum absolute atomic E-state index is 13.3. The Morgan fingerprint density at radius 3 is 2.53 bits per heavy atom. The Kier molecular flexibility index (Phi) is 7.07. The fourth-order valence-electron chi connectivity index (χ4n) is 4.36. The standard InChI is InChI=1S/C25H24N4O5S4/c1-27(2)38(33,34)21-10-6-7-17(13-21)23-18(15-28(26-23)19-8-4-3-5-9-19)14-22-24(30)29(25(35)36-22)20-11-12-37(31,32)16-20/h3-10,13-15,20H,11-12,16H2,1-2H3/b22-14-. The van der Waals surface area contributed by atoms with Crippen molar-refractivity contribution in [3.63, 3.8) is 0 Å². The van der Waals surface area contributed by atoms with Crippen LogP contribution >= 0.6 is 24.0 Å². The predicted molar refractivity (Wildman–Crippen MR) is 152 cm³/mol. The van der Waals surface area contributed by atoms with Gasteiger partial charge in [-0.25, -0.2) is 25.8 Å². The largest absolute Gasteiger partial charge is 0.289 e. The van der Waals surface area contributed by atoms with Crippen LogP contribution in [0.15, 0.2) is 70.6 Å². The summed E-state index contributed by atoms with van der Waals surface area (Å²) in [6.45, 7) is 0. The van der Waals surface area contributed by atoms with E-state index < -0.39 is 25.9 Å². The Labute approximate surface area is 231 Å². The van der Waals surface area contributed by atoms with Gasteiger partial charge in [0.1, 0.15) is 10.0 Å². The number of benzene rings is 2. The third kappa shape index (κ3) is 5.08. The Morgan fingerprint density at radius 1 is 1.13 bits per heavy atom. The summed E-state index contributed by atoms with van der Waals surface area (Å²) in [5.41, 5.74) is 2.42. The molecule has 3 aromatic rings. The lowest BCUT2D eigenvalue weighted by atomic mass is 10.1. The lowest BCUT2D eigenvalue weighted by molar-refractivity contribution is -0.123. The highest BCUT2D eigenvalue weighted by molar-refractivity contribution is 8.26. The second kappa shape index (κ2) is 10.0. The van der Waals surface area contributed by atoms with Gasteiger partial charge in [-0.1, -0.05) is 54.3 Å². The molecule has 9 nitrogen and oxygen atoms in total. The third-order valence-electron chi connectivity index (χ3n) is 6.33. The van der Waals surface area contributed by atoms with Crippen LogP contribution in [0.1, 0.15) is 12.0 Å². The molecule has 2 aromatic carbocycles. The first-order valence-corrected chi connectivity index (χ1v) is 16.1. The second-order valence-electron chi connectivity index (χ2n) is 9.14. The van der Waals surface area contributed by atoms with Crippen LogP contribution in [-0.4, -0.2) is 77.7 Å². The van der Waals surface area contributed by atoms with Gasteiger partial charge in [0.15, 0.2) is 9.84 Å². The molecule has 0 aliphatic carbocycles. The highest BCUT2D eigenvalue weighted by Gasteiger charge is 2.42. The monoisotopic (exact) mass is 588 g/mol. The molecule has 38 heavy (non-hydrogen) atoms. The van der Waals surface area contributed by atoms with Crippen LogP contribution in [-0.2, 0) is 24.7 Å². The molecule has 1 amide bonds. The maximum atomic E-state index is 13.3. The number of sulfonamides is 1. The van der Waals surface area contributed by atoms with Crippen LogP contribution in [0.4, 0.5) is 0 Å². The lowest BCUT2D eigenvalue weighted by Crippen LogP contribution is -2.39. The lowest BCUT2D eigenvalue weighted by Gasteiger charge is -2.20. The number of carbonyl (C=O) groups excluding carboxylic acids is 1. The number of carbonyl (C=O) groups is 1. The average molecular weight is 589 g/mol. The Morgan fingerprint density at radius 2 is 1.87 bits per heavy atom. The average Bonchev–Trinajstić information content (AvgIpc) is 3.54. The molecule has 0 radical (unpaired) electrons. The molecule has 3 heterocycles. The molecule has 0 spiro atoms. The zero-order valence-corrected chi connectivity index (χ0v) is 23.8. The first kappa shape index (κ1) is 26.8. The van der Waals surface area contributed by atoms with Crippen LogP contribution in [0, 0.1) is 0 Å². The fourth-order valence-corrected chi connectivity index (χ4v) is 8.40. The number of hydrogen-bond acceptors (Lipinski definition) is 8. The molecule has 0 saturated carbocycles. The summed E-state index contributed by atoms with van der Waals surface area (Å²) in [5.74, 6) is -0.408. The van der Waals surface area contributed by atoms with Crippen molar-refractivity contribution in [3.05, 3.63) is 71.3 Å². The quantitative estimate of drug-likeness (QED) is 0.319. The molecule has 0 bridgehead atoms. The number of rotatable bonds is 6. The molecule has 13 heteroatoms. The summed E-state index contributed by atoms with van der Waals surface area (Å²) < 4.78 is 52.7. The van der Waals surface area contributed by atoms with Gasteiger partial charge in [-0.2, -0.15) is 5.10 Å². The minimum atomic E-state index is -3.68. The minimum Gasteiger partial charge on any atom is -0.289 e. The number of nitrogens with zero attached hydrogens (tertiary/aromatic N) is 4. The van der Waals surface area contributed by atoms with Crippen LogP contribution in [0.5, 0.6) is 0 Å². The van der Waals surface area contributed by atoms with E-state index in [9.17, 15) is 21.6 Å². The van der Waals surface area contributed by atoms with Gasteiger partial charge in [0, 0.05) is 31.4 Å². The van der Waals surface area contributed by atoms with E-state index in [4.69, 9.17) is 17.3 Å². The zero-order chi connectivity index (χ0) is 27.2. The highest BCUT2D eigenvalue weighted by atomic mass is 32.2. The molecule has 2 saturated heterocycles. The van der Waals surface area contributed by atoms with E-state index in [-0.39, 0.29) is 22.3 Å². The molecule has 1 aromatic heterocycles. The second-order valence-corrected chi connectivity index (χ2v) is 15.2. The van der Waals surface area contributed by atoms with Gasteiger partial charge in [-0.05, 0) is 36.8 Å². The molecule has 1 unspecified atom stereocenters. The molecular weight excluding hydrogens is 565 g/mol. The molecular formula is C25H24N4O5S4. The van der Waals surface area contributed by atoms with Gasteiger partial charge in [-0.15, -0.1) is 0 Å². The molecule has 2 aliphatic rings. The molecule has 198 valence electrons. The normalized spacial score (nSPS) is 20.7. The van der Waals surface area contributed by atoms with Gasteiger partial charge in [0.25, 0.3) is 5.91 Å². The van der Waals surface area contributed by atoms with Crippen LogP contribution in [0.25, 0.3) is 23.0 Å². The Balaban J connectivity index is 1.59. The highest BCUT2D eigenvalue weighted by Crippen LogP contribution is 2.38. The van der Waals surface area contributed by atoms with Gasteiger partial charge in [0.05, 0.1) is 33.0 Å². The predicted octanol–water partition coefficient (Wildman–Crippen LogP) is 3.18. The molecule has 2 aliphatic heterocycles. The summed E-state index contributed by atoms with van der Waals surface area (Å²) in [5, 5.41) is 4.74. The van der Waals surface area contributed by atoms with Crippen LogP contribution in [0.2, 0.25) is 0 Å². The molecule has 5 rings (SSSR count). The smallest absolute Gasteiger partial charge is 0.266 e. The maximum Gasteiger partial charge on any atom is 0.266 e. The molecule has 1 atom stereocenters. The minimum absolute atomic E-state index is 0.0357. The Hall–Kier alpha value is -2.84. The number of hydrogen-bond donors (Lipinski definition) is 0. The SMILES string of the molecule is CN(C)S(=O)(=O)c1cccc(-c2nn(-c3ccccc3)cc2/C=C2\SC(=S)N(C3CCS(=O)(=O)C3)C2=O)c1. The van der Waals surface area contributed by atoms with E-state index in [1.165, 1.54) is 25.1 Å². The summed E-state index contributed by atoms with van der Waals surface area (Å²) in [6, 6.07) is 15.4. The number of amides is 1. The van der Waals surface area contributed by atoms with Crippen LogP contribution < -0.4 is 0 Å². The van der Waals surface area contributed by atoms with E-state index >= 15 is 0 Å². The van der Waals surface area contributed by atoms with Crippen molar-refractivity contribution in [1.82, 2.24) is 19.0 Å². The van der Waals surface area contributed by atoms with E-state index in [1.54, 1.807) is 35.2 Å².